The predicted octanol–water partition coefficient (Wildman–Crippen LogP) is 2.74. The first-order chi connectivity index (χ1) is 13.5. The highest BCUT2D eigenvalue weighted by Gasteiger charge is 2.30. The number of aliphatic hydroxyl groups excluding tert-OH is 1. The zero-order chi connectivity index (χ0) is 20.1. The molecule has 0 radical (unpaired) electrons. The number of hydrogen-bond donors (Lipinski definition) is 2. The molecule has 1 heterocycles. The highest BCUT2D eigenvalue weighted by atomic mass is 19.1. The van der Waals surface area contributed by atoms with Crippen molar-refractivity contribution in [2.24, 2.45) is 10.7 Å². The van der Waals surface area contributed by atoms with Gasteiger partial charge >= 0.3 is 0 Å². The molecule has 6 nitrogen and oxygen atoms in total. The smallest absolute Gasteiger partial charge is 0.194 e. The van der Waals surface area contributed by atoms with Gasteiger partial charge in [-0.2, -0.15) is 0 Å². The van der Waals surface area contributed by atoms with Gasteiger partial charge in [-0.05, 0) is 30.2 Å². The van der Waals surface area contributed by atoms with Gasteiger partial charge in [-0.15, -0.1) is 0 Å². The lowest BCUT2D eigenvalue weighted by Crippen LogP contribution is -2.38. The molecule has 3 N–H and O–H groups in total. The summed E-state index contributed by atoms with van der Waals surface area (Å²) in [6, 6.07) is 14.4. The predicted molar refractivity (Wildman–Crippen MR) is 107 cm³/mol. The van der Waals surface area contributed by atoms with Crippen molar-refractivity contribution in [2.45, 2.75) is 12.5 Å². The monoisotopic (exact) mass is 379 g/mol. The SMILES string of the molecule is CN(CO)C(N)=NC(C)(c1ccccc1)c1ccc(F)c(-c2cncnc2)c1. The highest BCUT2D eigenvalue weighted by Crippen LogP contribution is 2.36. The lowest BCUT2D eigenvalue weighted by atomic mass is 9.84. The van der Waals surface area contributed by atoms with Gasteiger partial charge in [0.05, 0.1) is 0 Å². The van der Waals surface area contributed by atoms with Gasteiger partial charge in [0.15, 0.2) is 5.96 Å². The molecule has 0 bridgehead atoms. The summed E-state index contributed by atoms with van der Waals surface area (Å²) in [6.45, 7) is 1.63. The van der Waals surface area contributed by atoms with E-state index in [1.807, 2.05) is 37.3 Å². The summed E-state index contributed by atoms with van der Waals surface area (Å²) < 4.78 is 14.5. The van der Waals surface area contributed by atoms with E-state index in [1.165, 1.54) is 17.3 Å². The summed E-state index contributed by atoms with van der Waals surface area (Å²) in [5, 5.41) is 9.37. The summed E-state index contributed by atoms with van der Waals surface area (Å²) in [6.07, 6.45) is 4.52. The van der Waals surface area contributed by atoms with Crippen LogP contribution in [0.25, 0.3) is 11.1 Å². The summed E-state index contributed by atoms with van der Waals surface area (Å²) in [4.78, 5) is 14.1. The molecule has 1 atom stereocenters. The van der Waals surface area contributed by atoms with Crippen LogP contribution in [-0.2, 0) is 5.54 Å². The van der Waals surface area contributed by atoms with Gasteiger partial charge in [0, 0.05) is 30.6 Å². The van der Waals surface area contributed by atoms with Crippen molar-refractivity contribution >= 4 is 5.96 Å². The van der Waals surface area contributed by atoms with Crippen LogP contribution in [0.5, 0.6) is 0 Å². The molecule has 0 fully saturated rings. The van der Waals surface area contributed by atoms with Crippen LogP contribution < -0.4 is 5.73 Å². The topological polar surface area (TPSA) is 87.6 Å². The van der Waals surface area contributed by atoms with Gasteiger partial charge in [0.25, 0.3) is 0 Å². The second kappa shape index (κ2) is 8.14. The van der Waals surface area contributed by atoms with Gasteiger partial charge in [0.2, 0.25) is 0 Å². The van der Waals surface area contributed by atoms with Crippen molar-refractivity contribution in [3.05, 3.63) is 84.2 Å². The first-order valence-electron chi connectivity index (χ1n) is 8.74. The number of nitrogens with zero attached hydrogens (tertiary/aromatic N) is 4. The second-order valence-corrected chi connectivity index (χ2v) is 6.57. The Labute approximate surface area is 163 Å². The molecular formula is C21H22FN5O. The molecule has 1 unspecified atom stereocenters. The molecule has 3 aromatic rings. The third-order valence-corrected chi connectivity index (χ3v) is 4.68. The minimum absolute atomic E-state index is 0.169. The Bertz CT molecular complexity index is 965. The zero-order valence-corrected chi connectivity index (χ0v) is 15.7. The van der Waals surface area contributed by atoms with E-state index in [0.29, 0.717) is 11.1 Å². The Morgan fingerprint density at radius 1 is 1.14 bits per heavy atom. The molecule has 0 spiro atoms. The van der Waals surface area contributed by atoms with Crippen LogP contribution in [0.3, 0.4) is 0 Å². The summed E-state index contributed by atoms with van der Waals surface area (Å²) >= 11 is 0. The van der Waals surface area contributed by atoms with Crippen LogP contribution in [0.4, 0.5) is 4.39 Å². The number of rotatable bonds is 5. The lowest BCUT2D eigenvalue weighted by Gasteiger charge is -2.29. The number of guanidine groups is 1. The fourth-order valence-electron chi connectivity index (χ4n) is 2.93. The molecule has 144 valence electrons. The molecule has 28 heavy (non-hydrogen) atoms. The van der Waals surface area contributed by atoms with Crippen LogP contribution in [0.15, 0.2) is 72.2 Å². The first kappa shape index (κ1) is 19.4. The molecule has 0 aliphatic heterocycles. The Balaban J connectivity index is 2.19. The Kier molecular flexibility index (Phi) is 5.65. The largest absolute Gasteiger partial charge is 0.376 e. The van der Waals surface area contributed by atoms with E-state index in [-0.39, 0.29) is 18.5 Å². The maximum absolute atomic E-state index is 14.5. The highest BCUT2D eigenvalue weighted by molar-refractivity contribution is 5.79. The molecule has 0 aliphatic carbocycles. The summed E-state index contributed by atoms with van der Waals surface area (Å²) in [5.41, 5.74) is 7.77. The van der Waals surface area contributed by atoms with Crippen LogP contribution >= 0.6 is 0 Å². The maximum Gasteiger partial charge on any atom is 0.194 e. The standard InChI is InChI=1S/C21H22FN5O/c1-21(16-6-4-3-5-7-16,26-20(23)27(2)14-28)17-8-9-19(22)18(10-17)15-11-24-13-25-12-15/h3-13,28H,14H2,1-2H3,(H2,23,26). The fraction of sp³-hybridized carbons (Fsp3) is 0.190. The minimum Gasteiger partial charge on any atom is -0.376 e. The molecule has 0 saturated heterocycles. The molecule has 0 saturated carbocycles. The van der Waals surface area contributed by atoms with E-state index in [1.54, 1.807) is 31.6 Å². The minimum atomic E-state index is -0.896. The fourth-order valence-corrected chi connectivity index (χ4v) is 2.93. The maximum atomic E-state index is 14.5. The number of aliphatic hydroxyl groups is 1. The number of hydrogen-bond acceptors (Lipinski definition) is 4. The zero-order valence-electron chi connectivity index (χ0n) is 15.7. The normalized spacial score (nSPS) is 13.8. The Morgan fingerprint density at radius 3 is 2.46 bits per heavy atom. The molecule has 7 heteroatoms. The van der Waals surface area contributed by atoms with E-state index in [4.69, 9.17) is 10.7 Å². The van der Waals surface area contributed by atoms with Crippen LogP contribution in [-0.4, -0.2) is 39.7 Å². The van der Waals surface area contributed by atoms with Crippen molar-refractivity contribution in [3.63, 3.8) is 0 Å². The number of nitrogens with two attached hydrogens (primary N) is 1. The number of halogens is 1. The molecular weight excluding hydrogens is 357 g/mol. The van der Waals surface area contributed by atoms with E-state index in [2.05, 4.69) is 9.97 Å². The van der Waals surface area contributed by atoms with Crippen LogP contribution in [0, 0.1) is 5.82 Å². The Morgan fingerprint density at radius 2 is 1.82 bits per heavy atom. The van der Waals surface area contributed by atoms with Gasteiger partial charge in [-0.3, -0.25) is 0 Å². The van der Waals surface area contributed by atoms with Crippen molar-refractivity contribution < 1.29 is 9.50 Å². The average Bonchev–Trinajstić information content (AvgIpc) is 2.74. The molecule has 0 amide bonds. The summed E-state index contributed by atoms with van der Waals surface area (Å²) in [5.74, 6) is -0.207. The van der Waals surface area contributed by atoms with Crippen molar-refractivity contribution in [2.75, 3.05) is 13.8 Å². The third-order valence-electron chi connectivity index (χ3n) is 4.68. The van der Waals surface area contributed by atoms with E-state index in [0.717, 1.165) is 11.1 Å². The third kappa shape index (κ3) is 3.84. The van der Waals surface area contributed by atoms with E-state index < -0.39 is 5.54 Å². The van der Waals surface area contributed by atoms with Gasteiger partial charge < -0.3 is 15.7 Å². The van der Waals surface area contributed by atoms with Crippen molar-refractivity contribution in [1.29, 1.82) is 0 Å². The lowest BCUT2D eigenvalue weighted by molar-refractivity contribution is 0.189. The second-order valence-electron chi connectivity index (χ2n) is 6.57. The van der Waals surface area contributed by atoms with E-state index in [9.17, 15) is 9.50 Å². The van der Waals surface area contributed by atoms with Crippen LogP contribution in [0.2, 0.25) is 0 Å². The average molecular weight is 379 g/mol. The molecule has 3 rings (SSSR count). The van der Waals surface area contributed by atoms with Gasteiger partial charge in [0.1, 0.15) is 24.4 Å². The van der Waals surface area contributed by atoms with Gasteiger partial charge in [-0.1, -0.05) is 36.4 Å². The van der Waals surface area contributed by atoms with E-state index >= 15 is 0 Å². The molecule has 2 aromatic carbocycles. The first-order valence-corrected chi connectivity index (χ1v) is 8.74. The quantitative estimate of drug-likeness (QED) is 0.404. The van der Waals surface area contributed by atoms with Gasteiger partial charge in [-0.25, -0.2) is 19.4 Å². The Hall–Kier alpha value is -3.32. The number of aromatic nitrogens is 2. The number of benzene rings is 2. The number of aliphatic imine (C=N–C) groups is 1. The van der Waals surface area contributed by atoms with Crippen LogP contribution in [0.1, 0.15) is 18.1 Å². The molecule has 0 aliphatic rings. The van der Waals surface area contributed by atoms with Crippen molar-refractivity contribution in [3.8, 4) is 11.1 Å². The molecule has 1 aromatic heterocycles. The summed E-state index contributed by atoms with van der Waals surface area (Å²) in [7, 11) is 1.64. The van der Waals surface area contributed by atoms with Crippen molar-refractivity contribution in [1.82, 2.24) is 14.9 Å².